The van der Waals surface area contributed by atoms with Gasteiger partial charge in [-0.2, -0.15) is 5.26 Å². The van der Waals surface area contributed by atoms with Crippen LogP contribution in [0.2, 0.25) is 15.1 Å². The minimum absolute atomic E-state index is 0.233. The molecule has 0 aliphatic rings. The standard InChI is InChI=1S/C24H18Cl3NO3/c1-29-23-7-4-15(11-24(23)30-2)18(13-28)9-17-10-19(25)6-8-22(17)31-14-16-3-5-20(26)12-21(16)27/h3-12H,14H2,1-2H3/b18-9+. The molecule has 0 spiro atoms. The van der Waals surface area contributed by atoms with Gasteiger partial charge in [-0.05, 0) is 60.2 Å². The molecule has 0 bridgehead atoms. The van der Waals surface area contributed by atoms with Crippen LogP contribution >= 0.6 is 34.8 Å². The van der Waals surface area contributed by atoms with E-state index in [1.165, 1.54) is 0 Å². The van der Waals surface area contributed by atoms with E-state index in [2.05, 4.69) is 6.07 Å². The van der Waals surface area contributed by atoms with Crippen molar-refractivity contribution < 1.29 is 14.2 Å². The Kier molecular flexibility index (Phi) is 7.70. The van der Waals surface area contributed by atoms with E-state index in [0.717, 1.165) is 5.56 Å². The summed E-state index contributed by atoms with van der Waals surface area (Å²) in [5.74, 6) is 1.67. The average molecular weight is 475 g/mol. The first kappa shape index (κ1) is 22.8. The lowest BCUT2D eigenvalue weighted by molar-refractivity contribution is 0.305. The number of benzene rings is 3. The first-order valence-electron chi connectivity index (χ1n) is 9.15. The van der Waals surface area contributed by atoms with Crippen molar-refractivity contribution in [2.45, 2.75) is 6.61 Å². The molecule has 0 amide bonds. The van der Waals surface area contributed by atoms with Crippen LogP contribution in [0.15, 0.2) is 54.6 Å². The van der Waals surface area contributed by atoms with Crippen molar-refractivity contribution in [1.29, 1.82) is 5.26 Å². The third-order valence-corrected chi connectivity index (χ3v) is 5.31. The molecule has 158 valence electrons. The maximum atomic E-state index is 9.77. The van der Waals surface area contributed by atoms with Crippen LogP contribution in [0.5, 0.6) is 17.2 Å². The lowest BCUT2D eigenvalue weighted by Gasteiger charge is -2.12. The normalized spacial score (nSPS) is 11.0. The van der Waals surface area contributed by atoms with Crippen LogP contribution in [0, 0.1) is 11.3 Å². The van der Waals surface area contributed by atoms with Gasteiger partial charge in [-0.3, -0.25) is 0 Å². The van der Waals surface area contributed by atoms with E-state index < -0.39 is 0 Å². The number of allylic oxidation sites excluding steroid dienone is 1. The maximum Gasteiger partial charge on any atom is 0.161 e. The molecule has 7 heteroatoms. The zero-order chi connectivity index (χ0) is 22.4. The fourth-order valence-electron chi connectivity index (χ4n) is 2.90. The van der Waals surface area contributed by atoms with Gasteiger partial charge >= 0.3 is 0 Å². The molecular weight excluding hydrogens is 457 g/mol. The predicted octanol–water partition coefficient (Wildman–Crippen LogP) is 7.31. The van der Waals surface area contributed by atoms with E-state index >= 15 is 0 Å². The highest BCUT2D eigenvalue weighted by molar-refractivity contribution is 6.35. The molecule has 0 N–H and O–H groups in total. The first-order valence-corrected chi connectivity index (χ1v) is 10.3. The van der Waals surface area contributed by atoms with Gasteiger partial charge in [0.15, 0.2) is 11.5 Å². The molecule has 4 nitrogen and oxygen atoms in total. The molecule has 0 unspecified atom stereocenters. The summed E-state index contributed by atoms with van der Waals surface area (Å²) >= 11 is 18.4. The number of hydrogen-bond donors (Lipinski definition) is 0. The van der Waals surface area contributed by atoms with Crippen molar-refractivity contribution in [1.82, 2.24) is 0 Å². The van der Waals surface area contributed by atoms with E-state index in [4.69, 9.17) is 49.0 Å². The van der Waals surface area contributed by atoms with Gasteiger partial charge in [-0.1, -0.05) is 40.9 Å². The molecule has 0 fully saturated rings. The zero-order valence-corrected chi connectivity index (χ0v) is 19.1. The van der Waals surface area contributed by atoms with Crippen LogP contribution in [0.4, 0.5) is 0 Å². The second-order valence-corrected chi connectivity index (χ2v) is 7.73. The number of methoxy groups -OCH3 is 2. The van der Waals surface area contributed by atoms with Gasteiger partial charge in [-0.25, -0.2) is 0 Å². The molecular formula is C24H18Cl3NO3. The molecule has 0 radical (unpaired) electrons. The van der Waals surface area contributed by atoms with Gasteiger partial charge < -0.3 is 14.2 Å². The van der Waals surface area contributed by atoms with Gasteiger partial charge in [0, 0.05) is 26.2 Å². The van der Waals surface area contributed by atoms with Crippen molar-refractivity contribution in [3.05, 3.63) is 86.4 Å². The van der Waals surface area contributed by atoms with Crippen molar-refractivity contribution in [3.63, 3.8) is 0 Å². The Labute approximate surface area is 196 Å². The fraction of sp³-hybridized carbons (Fsp3) is 0.125. The van der Waals surface area contributed by atoms with E-state index in [1.807, 2.05) is 0 Å². The van der Waals surface area contributed by atoms with E-state index in [0.29, 0.717) is 49.0 Å². The van der Waals surface area contributed by atoms with Gasteiger partial charge in [0.1, 0.15) is 12.4 Å². The summed E-state index contributed by atoms with van der Waals surface area (Å²) in [6, 6.07) is 17.9. The maximum absolute atomic E-state index is 9.77. The molecule has 0 aromatic heterocycles. The van der Waals surface area contributed by atoms with Crippen LogP contribution in [0.25, 0.3) is 11.6 Å². The summed E-state index contributed by atoms with van der Waals surface area (Å²) in [6.07, 6.45) is 1.71. The quantitative estimate of drug-likeness (QED) is 0.266. The molecule has 0 aliphatic carbocycles. The highest BCUT2D eigenvalue weighted by Crippen LogP contribution is 2.33. The Hall–Kier alpha value is -2.84. The Morgan fingerprint density at radius 2 is 1.55 bits per heavy atom. The highest BCUT2D eigenvalue weighted by Gasteiger charge is 2.11. The third kappa shape index (κ3) is 5.65. The molecule has 0 aliphatic heterocycles. The van der Waals surface area contributed by atoms with Gasteiger partial charge in [-0.15, -0.1) is 0 Å². The second kappa shape index (κ2) is 10.5. The molecule has 0 saturated heterocycles. The molecule has 3 aromatic rings. The van der Waals surface area contributed by atoms with Gasteiger partial charge in [0.05, 0.1) is 25.9 Å². The fourth-order valence-corrected chi connectivity index (χ4v) is 3.54. The van der Waals surface area contributed by atoms with Crippen LogP contribution in [0.1, 0.15) is 16.7 Å². The molecule has 31 heavy (non-hydrogen) atoms. The largest absolute Gasteiger partial charge is 0.493 e. The van der Waals surface area contributed by atoms with Crippen LogP contribution in [0.3, 0.4) is 0 Å². The van der Waals surface area contributed by atoms with Gasteiger partial charge in [0.2, 0.25) is 0 Å². The van der Waals surface area contributed by atoms with E-state index in [-0.39, 0.29) is 6.61 Å². The predicted molar refractivity (Wildman–Crippen MR) is 125 cm³/mol. The lowest BCUT2D eigenvalue weighted by Crippen LogP contribution is -1.98. The van der Waals surface area contributed by atoms with Crippen LogP contribution in [-0.4, -0.2) is 14.2 Å². The zero-order valence-electron chi connectivity index (χ0n) is 16.8. The lowest BCUT2D eigenvalue weighted by atomic mass is 10.0. The number of ether oxygens (including phenoxy) is 3. The van der Waals surface area contributed by atoms with Crippen molar-refractivity contribution >= 4 is 46.5 Å². The molecule has 0 heterocycles. The monoisotopic (exact) mass is 473 g/mol. The summed E-state index contributed by atoms with van der Waals surface area (Å²) in [5.41, 5.74) is 2.53. The Morgan fingerprint density at radius 3 is 2.23 bits per heavy atom. The molecule has 0 atom stereocenters. The topological polar surface area (TPSA) is 51.5 Å². The summed E-state index contributed by atoms with van der Waals surface area (Å²) in [4.78, 5) is 0. The Bertz CT molecular complexity index is 1170. The summed E-state index contributed by atoms with van der Waals surface area (Å²) in [7, 11) is 3.10. The molecule has 0 saturated carbocycles. The summed E-state index contributed by atoms with van der Waals surface area (Å²) < 4.78 is 16.6. The Morgan fingerprint density at radius 1 is 0.871 bits per heavy atom. The minimum atomic E-state index is 0.233. The van der Waals surface area contributed by atoms with Gasteiger partial charge in [0.25, 0.3) is 0 Å². The van der Waals surface area contributed by atoms with E-state index in [1.54, 1.807) is 74.9 Å². The van der Waals surface area contributed by atoms with Crippen LogP contribution in [-0.2, 0) is 6.61 Å². The highest BCUT2D eigenvalue weighted by atomic mass is 35.5. The number of nitrogens with zero attached hydrogens (tertiary/aromatic N) is 1. The smallest absolute Gasteiger partial charge is 0.161 e. The van der Waals surface area contributed by atoms with Crippen LogP contribution < -0.4 is 14.2 Å². The van der Waals surface area contributed by atoms with Crippen molar-refractivity contribution in [2.75, 3.05) is 14.2 Å². The number of nitriles is 1. The first-order chi connectivity index (χ1) is 14.9. The second-order valence-electron chi connectivity index (χ2n) is 6.45. The minimum Gasteiger partial charge on any atom is -0.493 e. The SMILES string of the molecule is COc1ccc(/C(C#N)=C/c2cc(Cl)ccc2OCc2ccc(Cl)cc2Cl)cc1OC. The van der Waals surface area contributed by atoms with Crippen molar-refractivity contribution in [3.8, 4) is 23.3 Å². The average Bonchev–Trinajstić information content (AvgIpc) is 2.77. The molecule has 3 rings (SSSR count). The third-order valence-electron chi connectivity index (χ3n) is 4.48. The summed E-state index contributed by atoms with van der Waals surface area (Å²) in [5, 5.41) is 11.4. The number of rotatable bonds is 7. The summed E-state index contributed by atoms with van der Waals surface area (Å²) in [6.45, 7) is 0.233. The van der Waals surface area contributed by atoms with Crippen molar-refractivity contribution in [2.24, 2.45) is 0 Å². The Balaban J connectivity index is 1.95. The molecule has 3 aromatic carbocycles. The number of halogens is 3. The number of hydrogen-bond acceptors (Lipinski definition) is 4. The van der Waals surface area contributed by atoms with E-state index in [9.17, 15) is 5.26 Å².